The number of ether oxygens (including phenoxy) is 2. The van der Waals surface area contributed by atoms with Gasteiger partial charge >= 0.3 is 11.9 Å². The Morgan fingerprint density at radius 2 is 1.77 bits per heavy atom. The third-order valence-corrected chi connectivity index (χ3v) is 0.853. The number of rotatable bonds is 3. The Morgan fingerprint density at radius 3 is 1.77 bits per heavy atom. The first kappa shape index (κ1) is 13.8. The summed E-state index contributed by atoms with van der Waals surface area (Å²) in [6.45, 7) is 6.21. The molecule has 0 saturated carbocycles. The van der Waals surface area contributed by atoms with Gasteiger partial charge in [0.25, 0.3) is 0 Å². The molecule has 74 valence electrons. The Bertz CT molecular complexity index is 207. The SMILES string of the molecule is C=C(OC)C(=O)O.C=CC(=O)OC. The summed E-state index contributed by atoms with van der Waals surface area (Å²) < 4.78 is 8.36. The van der Waals surface area contributed by atoms with Gasteiger partial charge in [0.05, 0.1) is 14.2 Å². The van der Waals surface area contributed by atoms with Crippen LogP contribution in [0.25, 0.3) is 0 Å². The van der Waals surface area contributed by atoms with Crippen molar-refractivity contribution in [3.8, 4) is 0 Å². The highest BCUT2D eigenvalue weighted by molar-refractivity contribution is 5.83. The van der Waals surface area contributed by atoms with E-state index in [2.05, 4.69) is 22.6 Å². The van der Waals surface area contributed by atoms with Crippen molar-refractivity contribution in [1.82, 2.24) is 0 Å². The number of hydrogen-bond acceptors (Lipinski definition) is 4. The Balaban J connectivity index is 0. The number of carbonyl (C=O) groups excluding carboxylic acids is 1. The van der Waals surface area contributed by atoms with E-state index in [1.165, 1.54) is 14.2 Å². The van der Waals surface area contributed by atoms with Crippen LogP contribution in [0.5, 0.6) is 0 Å². The van der Waals surface area contributed by atoms with Gasteiger partial charge in [-0.05, 0) is 6.58 Å². The summed E-state index contributed by atoms with van der Waals surface area (Å²) in [6.07, 6.45) is 1.11. The van der Waals surface area contributed by atoms with Gasteiger partial charge in [0, 0.05) is 6.08 Å². The van der Waals surface area contributed by atoms with Crippen molar-refractivity contribution in [1.29, 1.82) is 0 Å². The van der Waals surface area contributed by atoms with Gasteiger partial charge < -0.3 is 14.6 Å². The maximum Gasteiger partial charge on any atom is 0.370 e. The van der Waals surface area contributed by atoms with Crippen molar-refractivity contribution in [3.63, 3.8) is 0 Å². The van der Waals surface area contributed by atoms with Crippen molar-refractivity contribution in [2.75, 3.05) is 14.2 Å². The molecule has 0 aliphatic heterocycles. The van der Waals surface area contributed by atoms with Gasteiger partial charge in [-0.3, -0.25) is 0 Å². The van der Waals surface area contributed by atoms with E-state index in [4.69, 9.17) is 5.11 Å². The molecule has 0 unspecified atom stereocenters. The monoisotopic (exact) mass is 188 g/mol. The first-order chi connectivity index (χ1) is 5.99. The molecule has 0 aromatic carbocycles. The van der Waals surface area contributed by atoms with E-state index in [0.29, 0.717) is 0 Å². The zero-order valence-corrected chi connectivity index (χ0v) is 7.57. The molecule has 0 aliphatic carbocycles. The lowest BCUT2D eigenvalue weighted by Crippen LogP contribution is -1.99. The Labute approximate surface area is 76.3 Å². The lowest BCUT2D eigenvalue weighted by atomic mass is 10.6. The standard InChI is InChI=1S/C4H6O3.C4H6O2/c1-3(7-2)4(5)6;1-3-4(5)6-2/h1H2,2H3,(H,5,6);3H,1H2,2H3. The molecule has 5 nitrogen and oxygen atoms in total. The Hall–Kier alpha value is -1.78. The van der Waals surface area contributed by atoms with Crippen molar-refractivity contribution in [2.45, 2.75) is 0 Å². The first-order valence-electron chi connectivity index (χ1n) is 3.16. The molecule has 13 heavy (non-hydrogen) atoms. The highest BCUT2D eigenvalue weighted by Crippen LogP contribution is 1.86. The van der Waals surface area contributed by atoms with Crippen LogP contribution in [0.3, 0.4) is 0 Å². The zero-order chi connectivity index (χ0) is 10.9. The molecule has 0 bridgehead atoms. The minimum atomic E-state index is -1.12. The number of hydrogen-bond donors (Lipinski definition) is 1. The molecule has 0 atom stereocenters. The fourth-order valence-electron chi connectivity index (χ4n) is 0.171. The van der Waals surface area contributed by atoms with Crippen LogP contribution < -0.4 is 0 Å². The lowest BCUT2D eigenvalue weighted by Gasteiger charge is -1.92. The van der Waals surface area contributed by atoms with Crippen LogP contribution in [-0.4, -0.2) is 31.3 Å². The maximum atomic E-state index is 9.84. The van der Waals surface area contributed by atoms with E-state index in [0.717, 1.165) is 6.08 Å². The van der Waals surface area contributed by atoms with Crippen LogP contribution >= 0.6 is 0 Å². The zero-order valence-electron chi connectivity index (χ0n) is 7.57. The second-order valence-corrected chi connectivity index (χ2v) is 1.66. The molecule has 0 amide bonds. The van der Waals surface area contributed by atoms with E-state index in [1.807, 2.05) is 0 Å². The summed E-state index contributed by atoms with van der Waals surface area (Å²) in [4.78, 5) is 19.5. The van der Waals surface area contributed by atoms with Gasteiger partial charge in [-0.1, -0.05) is 6.58 Å². The van der Waals surface area contributed by atoms with Gasteiger partial charge in [-0.15, -0.1) is 0 Å². The predicted molar refractivity (Wildman–Crippen MR) is 46.0 cm³/mol. The predicted octanol–water partition coefficient (Wildman–Crippen LogP) is 0.577. The third kappa shape index (κ3) is 10.2. The Morgan fingerprint density at radius 1 is 1.31 bits per heavy atom. The topological polar surface area (TPSA) is 72.8 Å². The van der Waals surface area contributed by atoms with Gasteiger partial charge in [-0.2, -0.15) is 0 Å². The number of esters is 1. The lowest BCUT2D eigenvalue weighted by molar-refractivity contribution is -0.136. The number of carbonyl (C=O) groups is 2. The van der Waals surface area contributed by atoms with Crippen molar-refractivity contribution in [2.24, 2.45) is 0 Å². The number of methoxy groups -OCH3 is 2. The molecule has 5 heteroatoms. The smallest absolute Gasteiger partial charge is 0.370 e. The van der Waals surface area contributed by atoms with Crippen LogP contribution in [0.4, 0.5) is 0 Å². The van der Waals surface area contributed by atoms with Crippen LogP contribution in [0.1, 0.15) is 0 Å². The van der Waals surface area contributed by atoms with E-state index >= 15 is 0 Å². The summed E-state index contributed by atoms with van der Waals surface area (Å²) in [6, 6.07) is 0. The number of carboxylic acid groups (broad SMARTS) is 1. The largest absolute Gasteiger partial charge is 0.490 e. The molecule has 1 N–H and O–H groups in total. The highest BCUT2D eigenvalue weighted by Gasteiger charge is 1.98. The second kappa shape index (κ2) is 8.32. The summed E-state index contributed by atoms with van der Waals surface area (Å²) in [5, 5.41) is 7.96. The van der Waals surface area contributed by atoms with Crippen molar-refractivity contribution >= 4 is 11.9 Å². The maximum absolute atomic E-state index is 9.84. The molecule has 0 rings (SSSR count). The summed E-state index contributed by atoms with van der Waals surface area (Å²) >= 11 is 0. The normalized spacial score (nSPS) is 7.23. The molecule has 0 fully saturated rings. The van der Waals surface area contributed by atoms with Crippen LogP contribution in [0.2, 0.25) is 0 Å². The average Bonchev–Trinajstić information content (AvgIpc) is 2.16. The first-order valence-corrected chi connectivity index (χ1v) is 3.16. The summed E-state index contributed by atoms with van der Waals surface area (Å²) in [5.41, 5.74) is 0. The molecule has 0 spiro atoms. The van der Waals surface area contributed by atoms with E-state index < -0.39 is 11.9 Å². The average molecular weight is 188 g/mol. The van der Waals surface area contributed by atoms with Gasteiger partial charge in [0.1, 0.15) is 0 Å². The highest BCUT2D eigenvalue weighted by atomic mass is 16.5. The minimum absolute atomic E-state index is 0.236. The van der Waals surface area contributed by atoms with Gasteiger partial charge in [-0.25, -0.2) is 9.59 Å². The summed E-state index contributed by atoms with van der Waals surface area (Å²) in [5.74, 6) is -1.75. The molecule has 0 heterocycles. The quantitative estimate of drug-likeness (QED) is 0.398. The second-order valence-electron chi connectivity index (χ2n) is 1.66. The molecule has 0 saturated heterocycles. The third-order valence-electron chi connectivity index (χ3n) is 0.853. The number of carboxylic acids is 1. The molecule has 0 aliphatic rings. The fraction of sp³-hybridized carbons (Fsp3) is 0.250. The molecular weight excluding hydrogens is 176 g/mol. The van der Waals surface area contributed by atoms with E-state index in [-0.39, 0.29) is 5.76 Å². The van der Waals surface area contributed by atoms with Crippen LogP contribution in [0, 0.1) is 0 Å². The van der Waals surface area contributed by atoms with Gasteiger partial charge in [0.15, 0.2) is 5.76 Å². The molecule has 0 radical (unpaired) electrons. The van der Waals surface area contributed by atoms with E-state index in [1.54, 1.807) is 0 Å². The van der Waals surface area contributed by atoms with Crippen LogP contribution in [-0.2, 0) is 19.1 Å². The van der Waals surface area contributed by atoms with Gasteiger partial charge in [0.2, 0.25) is 0 Å². The van der Waals surface area contributed by atoms with E-state index in [9.17, 15) is 9.59 Å². The van der Waals surface area contributed by atoms with Crippen molar-refractivity contribution < 1.29 is 24.2 Å². The molecular formula is C8H12O5. The summed E-state index contributed by atoms with van der Waals surface area (Å²) in [7, 11) is 2.57. The molecule has 0 aromatic rings. The number of aliphatic carboxylic acids is 1. The fourth-order valence-corrected chi connectivity index (χ4v) is 0.171. The van der Waals surface area contributed by atoms with Crippen molar-refractivity contribution in [3.05, 3.63) is 25.0 Å². The van der Waals surface area contributed by atoms with Crippen LogP contribution in [0.15, 0.2) is 25.0 Å². The Kier molecular flexibility index (Phi) is 8.82. The minimum Gasteiger partial charge on any atom is -0.490 e. The molecule has 0 aromatic heterocycles.